The summed E-state index contributed by atoms with van der Waals surface area (Å²) >= 11 is 1.51. The van der Waals surface area contributed by atoms with E-state index in [0.717, 1.165) is 28.2 Å². The van der Waals surface area contributed by atoms with Crippen LogP contribution in [0.1, 0.15) is 13.3 Å². The number of fused-ring (bicyclic) bond motifs is 3. The molecule has 0 atom stereocenters. The van der Waals surface area contributed by atoms with Crippen molar-refractivity contribution in [3.8, 4) is 11.3 Å². The lowest BCUT2D eigenvalue weighted by Gasteiger charge is -2.04. The average Bonchev–Trinajstić information content (AvgIpc) is 3.10. The van der Waals surface area contributed by atoms with E-state index >= 15 is 0 Å². The molecule has 0 amide bonds. The lowest BCUT2D eigenvalue weighted by molar-refractivity contribution is -0.468. The van der Waals surface area contributed by atoms with Gasteiger partial charge in [-0.3, -0.25) is 10.1 Å². The van der Waals surface area contributed by atoms with Crippen molar-refractivity contribution in [2.45, 2.75) is 19.9 Å². The first-order valence-electron chi connectivity index (χ1n) is 8.31. The Hall–Kier alpha value is -2.58. The maximum Gasteiger partial charge on any atom is 0.349 e. The fourth-order valence-electron chi connectivity index (χ4n) is 3.19. The molecule has 0 aliphatic heterocycles. The highest BCUT2D eigenvalue weighted by molar-refractivity contribution is 7.15. The fraction of sp³-hybridized carbons (Fsp3) is 0.158. The smallest absolute Gasteiger partial charge is 0.349 e. The van der Waals surface area contributed by atoms with E-state index in [1.165, 1.54) is 23.5 Å². The highest BCUT2D eigenvalue weighted by atomic mass is 79.9. The highest BCUT2D eigenvalue weighted by Crippen LogP contribution is 2.25. The molecule has 0 spiro atoms. The second kappa shape index (κ2) is 7.58. The van der Waals surface area contributed by atoms with E-state index in [-0.39, 0.29) is 28.2 Å². The summed E-state index contributed by atoms with van der Waals surface area (Å²) in [5, 5.41) is 13.6. The number of nitro benzene ring substituents is 1. The summed E-state index contributed by atoms with van der Waals surface area (Å²) in [6.07, 6.45) is 0.860. The Labute approximate surface area is 169 Å². The second-order valence-electron chi connectivity index (χ2n) is 6.02. The first-order valence-corrected chi connectivity index (χ1v) is 9.19. The third kappa shape index (κ3) is 3.15. The number of aryl methyl sites for hydroxylation is 1. The van der Waals surface area contributed by atoms with E-state index in [4.69, 9.17) is 0 Å². The summed E-state index contributed by atoms with van der Waals surface area (Å²) in [5.41, 5.74) is 2.71. The maximum atomic E-state index is 12.9. The molecule has 0 radical (unpaired) electrons. The number of non-ortho nitro benzene ring substituents is 1. The largest absolute Gasteiger partial charge is 1.00 e. The van der Waals surface area contributed by atoms with Crippen LogP contribution in [0, 0.1) is 10.1 Å². The standard InChI is InChI=1S/C19H16N3O3S.BrH/c1-2-11-20-18(23)15-5-3-4-6-16(15)21-17(12-26-19(20)21)13-7-9-14(10-8-13)22(24)25;/h3-10,12H,2,11H2,1H3;1H/q+1;/p-1. The van der Waals surface area contributed by atoms with E-state index in [9.17, 15) is 14.9 Å². The van der Waals surface area contributed by atoms with Gasteiger partial charge in [-0.25, -0.2) is 4.79 Å². The first-order chi connectivity index (χ1) is 12.6. The quantitative estimate of drug-likeness (QED) is 0.265. The van der Waals surface area contributed by atoms with Crippen molar-refractivity contribution in [3.63, 3.8) is 0 Å². The van der Waals surface area contributed by atoms with Crippen LogP contribution in [-0.2, 0) is 6.54 Å². The minimum absolute atomic E-state index is 0. The molecule has 2 aromatic carbocycles. The van der Waals surface area contributed by atoms with Crippen LogP contribution in [0.15, 0.2) is 58.7 Å². The molecule has 6 nitrogen and oxygen atoms in total. The topological polar surface area (TPSA) is 69.2 Å². The molecule has 0 saturated heterocycles. The van der Waals surface area contributed by atoms with Gasteiger partial charge in [0.05, 0.1) is 11.5 Å². The lowest BCUT2D eigenvalue weighted by Crippen LogP contribution is -3.00. The van der Waals surface area contributed by atoms with Crippen molar-refractivity contribution in [2.75, 3.05) is 0 Å². The average molecular weight is 446 g/mol. The molecule has 0 bridgehead atoms. The summed E-state index contributed by atoms with van der Waals surface area (Å²) in [7, 11) is 0. The zero-order valence-electron chi connectivity index (χ0n) is 14.5. The van der Waals surface area contributed by atoms with Crippen LogP contribution in [0.2, 0.25) is 0 Å². The Morgan fingerprint density at radius 1 is 1.15 bits per heavy atom. The molecule has 0 N–H and O–H groups in total. The van der Waals surface area contributed by atoms with Gasteiger partial charge >= 0.3 is 10.5 Å². The zero-order valence-corrected chi connectivity index (χ0v) is 16.9. The van der Waals surface area contributed by atoms with Gasteiger partial charge in [-0.2, -0.15) is 8.97 Å². The second-order valence-corrected chi connectivity index (χ2v) is 6.85. The summed E-state index contributed by atoms with van der Waals surface area (Å²) in [6, 6.07) is 14.1. The molecule has 27 heavy (non-hydrogen) atoms. The van der Waals surface area contributed by atoms with Gasteiger partial charge in [0.2, 0.25) is 0 Å². The SMILES string of the molecule is CCCn1c(=O)c2ccccc2[n+]2c(-c3ccc([N+](=O)[O-])cc3)csc12.[Br-]. The minimum atomic E-state index is -0.406. The van der Waals surface area contributed by atoms with Crippen LogP contribution in [0.3, 0.4) is 0 Å². The van der Waals surface area contributed by atoms with Crippen molar-refractivity contribution in [2.24, 2.45) is 0 Å². The van der Waals surface area contributed by atoms with Crippen molar-refractivity contribution in [1.29, 1.82) is 0 Å². The van der Waals surface area contributed by atoms with E-state index in [1.807, 2.05) is 41.1 Å². The fourth-order valence-corrected chi connectivity index (χ4v) is 4.25. The molecule has 0 aliphatic carbocycles. The normalized spacial score (nSPS) is 10.9. The first kappa shape index (κ1) is 19.2. The van der Waals surface area contributed by atoms with Gasteiger partial charge in [0.1, 0.15) is 10.9 Å². The van der Waals surface area contributed by atoms with Crippen molar-refractivity contribution in [3.05, 3.63) is 74.4 Å². The predicted octanol–water partition coefficient (Wildman–Crippen LogP) is 0.791. The molecule has 2 heterocycles. The number of thiazole rings is 1. The Balaban J connectivity index is 0.00000210. The number of para-hydroxylation sites is 1. The number of nitro groups is 1. The van der Waals surface area contributed by atoms with Gasteiger partial charge < -0.3 is 17.0 Å². The molecule has 0 fully saturated rings. The van der Waals surface area contributed by atoms with Crippen molar-refractivity contribution < 1.29 is 26.3 Å². The number of nitrogens with zero attached hydrogens (tertiary/aromatic N) is 3. The van der Waals surface area contributed by atoms with E-state index < -0.39 is 4.92 Å². The minimum Gasteiger partial charge on any atom is -1.00 e. The molecule has 4 rings (SSSR count). The summed E-state index contributed by atoms with van der Waals surface area (Å²) in [6.45, 7) is 2.69. The van der Waals surface area contributed by atoms with Gasteiger partial charge in [-0.05, 0) is 30.7 Å². The number of rotatable bonds is 4. The van der Waals surface area contributed by atoms with Gasteiger partial charge in [0.25, 0.3) is 5.69 Å². The number of aromatic nitrogens is 2. The third-order valence-corrected chi connectivity index (χ3v) is 5.34. The van der Waals surface area contributed by atoms with Crippen molar-refractivity contribution >= 4 is 32.9 Å². The van der Waals surface area contributed by atoms with Gasteiger partial charge in [0, 0.05) is 23.1 Å². The zero-order chi connectivity index (χ0) is 18.3. The Morgan fingerprint density at radius 2 is 1.85 bits per heavy atom. The van der Waals surface area contributed by atoms with Crippen LogP contribution in [0.5, 0.6) is 0 Å². The summed E-state index contributed by atoms with van der Waals surface area (Å²) < 4.78 is 3.88. The molecule has 0 aliphatic rings. The van der Waals surface area contributed by atoms with Crippen LogP contribution < -0.4 is 26.9 Å². The maximum absolute atomic E-state index is 12.9. The molecule has 0 unspecified atom stereocenters. The molecule has 2 aromatic heterocycles. The van der Waals surface area contributed by atoms with Gasteiger partial charge in [-0.1, -0.05) is 30.4 Å². The number of halogens is 1. The lowest BCUT2D eigenvalue weighted by atomic mass is 10.1. The van der Waals surface area contributed by atoms with Gasteiger partial charge in [-0.15, -0.1) is 0 Å². The molecule has 0 saturated carbocycles. The van der Waals surface area contributed by atoms with E-state index in [1.54, 1.807) is 12.1 Å². The van der Waals surface area contributed by atoms with Crippen LogP contribution in [0.4, 0.5) is 5.69 Å². The molecule has 138 valence electrons. The number of hydrogen-bond acceptors (Lipinski definition) is 4. The number of hydrogen-bond donors (Lipinski definition) is 0. The molecular weight excluding hydrogens is 430 g/mol. The molecule has 8 heteroatoms. The summed E-state index contributed by atoms with van der Waals surface area (Å²) in [4.78, 5) is 24.2. The predicted molar refractivity (Wildman–Crippen MR) is 102 cm³/mol. The third-order valence-electron chi connectivity index (χ3n) is 4.38. The van der Waals surface area contributed by atoms with E-state index in [0.29, 0.717) is 11.9 Å². The van der Waals surface area contributed by atoms with Crippen LogP contribution >= 0.6 is 11.3 Å². The van der Waals surface area contributed by atoms with Crippen LogP contribution in [0.25, 0.3) is 27.1 Å². The van der Waals surface area contributed by atoms with Crippen molar-refractivity contribution in [1.82, 2.24) is 4.57 Å². The monoisotopic (exact) mass is 445 g/mol. The Bertz CT molecular complexity index is 1200. The summed E-state index contributed by atoms with van der Waals surface area (Å²) in [5.74, 6) is 0. The Kier molecular flexibility index (Phi) is 5.38. The molecule has 4 aromatic rings. The highest BCUT2D eigenvalue weighted by Gasteiger charge is 2.23. The number of benzene rings is 2. The van der Waals surface area contributed by atoms with Crippen LogP contribution in [-0.4, -0.2) is 9.49 Å². The van der Waals surface area contributed by atoms with Gasteiger partial charge in [0.15, 0.2) is 5.69 Å². The molecular formula is C19H16BrN3O3S. The van der Waals surface area contributed by atoms with E-state index in [2.05, 4.69) is 4.40 Å². The Morgan fingerprint density at radius 3 is 2.52 bits per heavy atom.